The van der Waals surface area contributed by atoms with E-state index < -0.39 is 0 Å². The van der Waals surface area contributed by atoms with Gasteiger partial charge in [0.15, 0.2) is 0 Å². The van der Waals surface area contributed by atoms with Gasteiger partial charge in [-0.05, 0) is 31.1 Å². The van der Waals surface area contributed by atoms with Gasteiger partial charge in [-0.2, -0.15) is 0 Å². The Bertz CT molecular complexity index is 226. The highest BCUT2D eigenvalue weighted by atomic mass is 16.3. The number of aliphatic hydroxyl groups excluding tert-OH is 1. The molecule has 1 aliphatic heterocycles. The van der Waals surface area contributed by atoms with Crippen molar-refractivity contribution in [2.45, 2.75) is 40.0 Å². The zero-order valence-electron chi connectivity index (χ0n) is 10.8. The molecule has 2 unspecified atom stereocenters. The lowest BCUT2D eigenvalue weighted by molar-refractivity contribution is -0.138. The van der Waals surface area contributed by atoms with E-state index in [-0.39, 0.29) is 18.4 Å². The first-order chi connectivity index (χ1) is 7.56. The highest BCUT2D eigenvalue weighted by Gasteiger charge is 2.27. The first-order valence-electron chi connectivity index (χ1n) is 6.46. The van der Waals surface area contributed by atoms with E-state index in [0.717, 1.165) is 32.4 Å². The molecule has 0 spiro atoms. The van der Waals surface area contributed by atoms with E-state index >= 15 is 0 Å². The third-order valence-electron chi connectivity index (χ3n) is 3.76. The second-order valence-electron chi connectivity index (χ2n) is 5.34. The number of nitrogens with zero attached hydrogens (tertiary/aromatic N) is 1. The fourth-order valence-electron chi connectivity index (χ4n) is 2.26. The Morgan fingerprint density at radius 3 is 2.69 bits per heavy atom. The smallest absolute Gasteiger partial charge is 0.225 e. The van der Waals surface area contributed by atoms with Crippen LogP contribution in [-0.2, 0) is 4.79 Å². The van der Waals surface area contributed by atoms with Crippen LogP contribution in [0.2, 0.25) is 0 Å². The number of hydrogen-bond acceptors (Lipinski definition) is 2. The number of hydrogen-bond donors (Lipinski definition) is 1. The summed E-state index contributed by atoms with van der Waals surface area (Å²) in [5.41, 5.74) is 0. The first kappa shape index (κ1) is 13.5. The van der Waals surface area contributed by atoms with Crippen molar-refractivity contribution in [1.82, 2.24) is 4.90 Å². The van der Waals surface area contributed by atoms with Crippen LogP contribution in [0.25, 0.3) is 0 Å². The molecule has 0 radical (unpaired) electrons. The maximum atomic E-state index is 12.2. The zero-order chi connectivity index (χ0) is 12.1. The summed E-state index contributed by atoms with van der Waals surface area (Å²) in [6, 6.07) is 0. The van der Waals surface area contributed by atoms with E-state index in [1.165, 1.54) is 0 Å². The van der Waals surface area contributed by atoms with Crippen molar-refractivity contribution in [3.63, 3.8) is 0 Å². The summed E-state index contributed by atoms with van der Waals surface area (Å²) in [7, 11) is 0. The molecule has 3 heteroatoms. The summed E-state index contributed by atoms with van der Waals surface area (Å²) in [5.74, 6) is 1.32. The minimum absolute atomic E-state index is 0.118. The summed E-state index contributed by atoms with van der Waals surface area (Å²) in [5, 5.41) is 8.94. The van der Waals surface area contributed by atoms with Crippen molar-refractivity contribution < 1.29 is 9.90 Å². The van der Waals surface area contributed by atoms with Gasteiger partial charge < -0.3 is 10.0 Å². The van der Waals surface area contributed by atoms with Gasteiger partial charge in [0, 0.05) is 25.6 Å². The van der Waals surface area contributed by atoms with Crippen molar-refractivity contribution in [3.8, 4) is 0 Å². The molecule has 1 fully saturated rings. The number of aliphatic hydroxyl groups is 1. The van der Waals surface area contributed by atoms with E-state index in [1.54, 1.807) is 0 Å². The fourth-order valence-corrected chi connectivity index (χ4v) is 2.26. The predicted molar refractivity (Wildman–Crippen MR) is 65.0 cm³/mol. The molecule has 1 aliphatic rings. The fraction of sp³-hybridized carbons (Fsp3) is 0.923. The average molecular weight is 227 g/mol. The van der Waals surface area contributed by atoms with E-state index in [1.807, 2.05) is 11.8 Å². The Labute approximate surface area is 98.8 Å². The predicted octanol–water partition coefficient (Wildman–Crippen LogP) is 1.90. The van der Waals surface area contributed by atoms with Gasteiger partial charge in [-0.15, -0.1) is 0 Å². The third-order valence-corrected chi connectivity index (χ3v) is 3.76. The zero-order valence-corrected chi connectivity index (χ0v) is 10.8. The molecule has 1 rings (SSSR count). The van der Waals surface area contributed by atoms with Crippen LogP contribution in [0.1, 0.15) is 40.0 Å². The molecule has 0 aromatic heterocycles. The maximum absolute atomic E-state index is 12.2. The molecule has 1 N–H and O–H groups in total. The van der Waals surface area contributed by atoms with Crippen molar-refractivity contribution in [2.75, 3.05) is 19.7 Å². The molecule has 94 valence electrons. The summed E-state index contributed by atoms with van der Waals surface area (Å²) >= 11 is 0. The molecule has 0 aromatic rings. The lowest BCUT2D eigenvalue weighted by Gasteiger charge is -2.35. The summed E-state index contributed by atoms with van der Waals surface area (Å²) in [4.78, 5) is 14.1. The normalized spacial score (nSPS) is 23.6. The van der Waals surface area contributed by atoms with Gasteiger partial charge in [0.2, 0.25) is 5.91 Å². The average Bonchev–Trinajstić information content (AvgIpc) is 2.28. The quantitative estimate of drug-likeness (QED) is 0.797. The molecule has 2 atom stereocenters. The van der Waals surface area contributed by atoms with Crippen molar-refractivity contribution in [1.29, 1.82) is 0 Å². The van der Waals surface area contributed by atoms with E-state index in [0.29, 0.717) is 11.8 Å². The number of likely N-dealkylation sites (tertiary alicyclic amines) is 1. The molecule has 3 nitrogen and oxygen atoms in total. The molecule has 16 heavy (non-hydrogen) atoms. The molecule has 0 bridgehead atoms. The van der Waals surface area contributed by atoms with E-state index in [4.69, 9.17) is 5.11 Å². The van der Waals surface area contributed by atoms with Crippen LogP contribution in [0.15, 0.2) is 0 Å². The Kier molecular flexibility index (Phi) is 5.26. The van der Waals surface area contributed by atoms with Gasteiger partial charge in [-0.1, -0.05) is 20.8 Å². The molecule has 0 saturated carbocycles. The summed E-state index contributed by atoms with van der Waals surface area (Å²) in [6.45, 7) is 8.19. The number of carbonyl (C=O) groups is 1. The van der Waals surface area contributed by atoms with Gasteiger partial charge in [0.1, 0.15) is 0 Å². The first-order valence-corrected chi connectivity index (χ1v) is 6.46. The van der Waals surface area contributed by atoms with Gasteiger partial charge in [-0.25, -0.2) is 0 Å². The van der Waals surface area contributed by atoms with Crippen molar-refractivity contribution in [3.05, 3.63) is 0 Å². The molecule has 1 saturated heterocycles. The molecular weight excluding hydrogens is 202 g/mol. The number of amides is 1. The Morgan fingerprint density at radius 2 is 2.12 bits per heavy atom. The highest BCUT2D eigenvalue weighted by molar-refractivity contribution is 5.78. The molecular formula is C13H25NO2. The van der Waals surface area contributed by atoms with Crippen molar-refractivity contribution >= 4 is 5.91 Å². The standard InChI is InChI=1S/C13H25NO2/c1-10(2)11(3)13(16)14-7-4-5-12(9-14)6-8-15/h10-12,15H,4-9H2,1-3H3. The summed E-state index contributed by atoms with van der Waals surface area (Å²) in [6.07, 6.45) is 3.07. The van der Waals surface area contributed by atoms with Crippen LogP contribution in [0.4, 0.5) is 0 Å². The highest BCUT2D eigenvalue weighted by Crippen LogP contribution is 2.22. The van der Waals surface area contributed by atoms with E-state index in [2.05, 4.69) is 13.8 Å². The topological polar surface area (TPSA) is 40.5 Å². The third kappa shape index (κ3) is 3.48. The summed E-state index contributed by atoms with van der Waals surface area (Å²) < 4.78 is 0. The van der Waals surface area contributed by atoms with Crippen LogP contribution in [0.5, 0.6) is 0 Å². The van der Waals surface area contributed by atoms with Gasteiger partial charge in [0.05, 0.1) is 0 Å². The van der Waals surface area contributed by atoms with Crippen LogP contribution in [0, 0.1) is 17.8 Å². The minimum atomic E-state index is 0.118. The van der Waals surface area contributed by atoms with Crippen LogP contribution < -0.4 is 0 Å². The lowest BCUT2D eigenvalue weighted by atomic mass is 9.91. The second kappa shape index (κ2) is 6.24. The number of carbonyl (C=O) groups excluding carboxylic acids is 1. The maximum Gasteiger partial charge on any atom is 0.225 e. The van der Waals surface area contributed by atoms with E-state index in [9.17, 15) is 4.79 Å². The monoisotopic (exact) mass is 227 g/mol. The van der Waals surface area contributed by atoms with Crippen LogP contribution in [0.3, 0.4) is 0 Å². The second-order valence-corrected chi connectivity index (χ2v) is 5.34. The Morgan fingerprint density at radius 1 is 1.44 bits per heavy atom. The van der Waals surface area contributed by atoms with Gasteiger partial charge in [-0.3, -0.25) is 4.79 Å². The molecule has 1 heterocycles. The molecule has 0 aliphatic carbocycles. The van der Waals surface area contributed by atoms with Gasteiger partial charge in [0.25, 0.3) is 0 Å². The number of rotatable bonds is 4. The van der Waals surface area contributed by atoms with Crippen molar-refractivity contribution in [2.24, 2.45) is 17.8 Å². The largest absolute Gasteiger partial charge is 0.396 e. The Balaban J connectivity index is 2.49. The van der Waals surface area contributed by atoms with Gasteiger partial charge >= 0.3 is 0 Å². The minimum Gasteiger partial charge on any atom is -0.396 e. The van der Waals surface area contributed by atoms with Crippen LogP contribution in [-0.4, -0.2) is 35.6 Å². The molecule has 0 aromatic carbocycles. The van der Waals surface area contributed by atoms with Crippen LogP contribution >= 0.6 is 0 Å². The Hall–Kier alpha value is -0.570. The molecule has 1 amide bonds. The number of piperidine rings is 1. The SMILES string of the molecule is CC(C)C(C)C(=O)N1CCCC(CCO)C1. The lowest BCUT2D eigenvalue weighted by Crippen LogP contribution is -2.43.